The van der Waals surface area contributed by atoms with Crippen LogP contribution in [0.1, 0.15) is 24.2 Å². The summed E-state index contributed by atoms with van der Waals surface area (Å²) in [7, 11) is 0. The molecule has 3 heteroatoms. The van der Waals surface area contributed by atoms with Crippen LogP contribution in [0.2, 0.25) is 0 Å². The van der Waals surface area contributed by atoms with Crippen molar-refractivity contribution in [1.82, 2.24) is 0 Å². The summed E-state index contributed by atoms with van der Waals surface area (Å²) in [6.07, 6.45) is 1.04. The number of hydrogen-bond donors (Lipinski definition) is 0. The van der Waals surface area contributed by atoms with Crippen LogP contribution in [0.25, 0.3) is 10.4 Å². The van der Waals surface area contributed by atoms with Gasteiger partial charge in [-0.2, -0.15) is 0 Å². The van der Waals surface area contributed by atoms with Crippen LogP contribution < -0.4 is 4.74 Å². The van der Waals surface area contributed by atoms with Crippen LogP contribution >= 0.6 is 11.3 Å². The third-order valence-electron chi connectivity index (χ3n) is 2.25. The molecule has 0 saturated heterocycles. The number of rotatable bonds is 4. The standard InChI is InChI=1S/C14H14O2S/c1-10(2)16-13-5-3-4-12(7-13)14-6-11(8-15)9-17-14/h3-10H,1-2H3. The molecule has 0 saturated carbocycles. The first kappa shape index (κ1) is 11.9. The highest BCUT2D eigenvalue weighted by Gasteiger charge is 2.04. The van der Waals surface area contributed by atoms with Gasteiger partial charge in [-0.3, -0.25) is 4.79 Å². The van der Waals surface area contributed by atoms with Gasteiger partial charge >= 0.3 is 0 Å². The van der Waals surface area contributed by atoms with Crippen LogP contribution in [0.3, 0.4) is 0 Å². The average molecular weight is 246 g/mol. The Morgan fingerprint density at radius 3 is 2.76 bits per heavy atom. The Hall–Kier alpha value is -1.61. The summed E-state index contributed by atoms with van der Waals surface area (Å²) >= 11 is 1.57. The van der Waals surface area contributed by atoms with Gasteiger partial charge in [-0.1, -0.05) is 12.1 Å². The van der Waals surface area contributed by atoms with Gasteiger partial charge in [0, 0.05) is 15.8 Å². The Morgan fingerprint density at radius 2 is 2.12 bits per heavy atom. The Morgan fingerprint density at radius 1 is 1.29 bits per heavy atom. The Labute approximate surface area is 105 Å². The van der Waals surface area contributed by atoms with Crippen LogP contribution in [0.15, 0.2) is 35.7 Å². The number of aldehydes is 1. The van der Waals surface area contributed by atoms with Crippen molar-refractivity contribution in [3.05, 3.63) is 41.3 Å². The maximum atomic E-state index is 10.6. The summed E-state index contributed by atoms with van der Waals surface area (Å²) < 4.78 is 5.64. The highest BCUT2D eigenvalue weighted by molar-refractivity contribution is 7.13. The number of carbonyl (C=O) groups is 1. The van der Waals surface area contributed by atoms with E-state index >= 15 is 0 Å². The van der Waals surface area contributed by atoms with E-state index in [1.54, 1.807) is 11.3 Å². The summed E-state index contributed by atoms with van der Waals surface area (Å²) in [4.78, 5) is 11.7. The van der Waals surface area contributed by atoms with Crippen LogP contribution in [-0.4, -0.2) is 12.4 Å². The zero-order valence-electron chi connectivity index (χ0n) is 9.84. The molecule has 2 nitrogen and oxygen atoms in total. The fourth-order valence-corrected chi connectivity index (χ4v) is 2.41. The fourth-order valence-electron chi connectivity index (χ4n) is 1.56. The van der Waals surface area contributed by atoms with Crippen LogP contribution in [0.5, 0.6) is 5.75 Å². The van der Waals surface area contributed by atoms with Gasteiger partial charge < -0.3 is 4.74 Å². The van der Waals surface area contributed by atoms with E-state index in [4.69, 9.17) is 4.74 Å². The first-order chi connectivity index (χ1) is 8.19. The second-order valence-corrected chi connectivity index (χ2v) is 4.97. The number of benzene rings is 1. The average Bonchev–Trinajstić information content (AvgIpc) is 2.77. The van der Waals surface area contributed by atoms with Gasteiger partial charge in [0.05, 0.1) is 6.10 Å². The lowest BCUT2D eigenvalue weighted by atomic mass is 10.1. The van der Waals surface area contributed by atoms with Gasteiger partial charge in [-0.15, -0.1) is 11.3 Å². The largest absolute Gasteiger partial charge is 0.491 e. The third kappa shape index (κ3) is 2.94. The van der Waals surface area contributed by atoms with Gasteiger partial charge in [0.15, 0.2) is 6.29 Å². The molecular weight excluding hydrogens is 232 g/mol. The monoisotopic (exact) mass is 246 g/mol. The molecule has 0 fully saturated rings. The molecule has 0 unspecified atom stereocenters. The van der Waals surface area contributed by atoms with E-state index < -0.39 is 0 Å². The number of carbonyl (C=O) groups excluding carboxylic acids is 1. The van der Waals surface area contributed by atoms with E-state index in [1.165, 1.54) is 0 Å². The second kappa shape index (κ2) is 5.15. The minimum Gasteiger partial charge on any atom is -0.491 e. The summed E-state index contributed by atoms with van der Waals surface area (Å²) in [5.41, 5.74) is 1.81. The van der Waals surface area contributed by atoms with Gasteiger partial charge in [0.25, 0.3) is 0 Å². The van der Waals surface area contributed by atoms with Crippen molar-refractivity contribution in [1.29, 1.82) is 0 Å². The van der Waals surface area contributed by atoms with Gasteiger partial charge in [-0.05, 0) is 37.6 Å². The first-order valence-electron chi connectivity index (χ1n) is 5.50. The molecule has 1 heterocycles. The predicted octanol–water partition coefficient (Wildman–Crippen LogP) is 4.01. The quantitative estimate of drug-likeness (QED) is 0.762. The predicted molar refractivity (Wildman–Crippen MR) is 70.9 cm³/mol. The van der Waals surface area contributed by atoms with Crippen molar-refractivity contribution in [2.24, 2.45) is 0 Å². The maximum Gasteiger partial charge on any atom is 0.150 e. The molecule has 0 amide bonds. The molecule has 1 aromatic carbocycles. The molecule has 88 valence electrons. The number of hydrogen-bond acceptors (Lipinski definition) is 3. The highest BCUT2D eigenvalue weighted by Crippen LogP contribution is 2.29. The summed E-state index contributed by atoms with van der Waals surface area (Å²) in [5, 5.41) is 1.86. The van der Waals surface area contributed by atoms with E-state index in [2.05, 4.69) is 0 Å². The fraction of sp³-hybridized carbons (Fsp3) is 0.214. The van der Waals surface area contributed by atoms with Crippen LogP contribution in [-0.2, 0) is 0 Å². The maximum absolute atomic E-state index is 10.6. The molecule has 0 atom stereocenters. The third-order valence-corrected chi connectivity index (χ3v) is 3.24. The Balaban J connectivity index is 2.29. The molecule has 0 bridgehead atoms. The smallest absolute Gasteiger partial charge is 0.150 e. The molecule has 0 radical (unpaired) electrons. The SMILES string of the molecule is CC(C)Oc1cccc(-c2cc(C=O)cs2)c1. The Kier molecular flexibility index (Phi) is 3.59. The lowest BCUT2D eigenvalue weighted by Crippen LogP contribution is -2.05. The molecule has 1 aromatic heterocycles. The molecule has 0 N–H and O–H groups in total. The number of ether oxygens (including phenoxy) is 1. The van der Waals surface area contributed by atoms with Crippen molar-refractivity contribution in [2.75, 3.05) is 0 Å². The first-order valence-corrected chi connectivity index (χ1v) is 6.38. The summed E-state index contributed by atoms with van der Waals surface area (Å²) in [6, 6.07) is 9.82. The van der Waals surface area contributed by atoms with E-state index in [0.29, 0.717) is 0 Å². The molecule has 17 heavy (non-hydrogen) atoms. The van der Waals surface area contributed by atoms with Crippen molar-refractivity contribution >= 4 is 17.6 Å². The molecular formula is C14H14O2S. The molecule has 2 aromatic rings. The minimum atomic E-state index is 0.166. The van der Waals surface area contributed by atoms with Crippen molar-refractivity contribution in [3.8, 4) is 16.2 Å². The zero-order valence-corrected chi connectivity index (χ0v) is 10.7. The van der Waals surface area contributed by atoms with Gasteiger partial charge in [0.1, 0.15) is 5.75 Å². The Bertz CT molecular complexity index is 514. The topological polar surface area (TPSA) is 26.3 Å². The second-order valence-electron chi connectivity index (χ2n) is 4.06. The van der Waals surface area contributed by atoms with Crippen molar-refractivity contribution in [2.45, 2.75) is 20.0 Å². The number of thiophene rings is 1. The van der Waals surface area contributed by atoms with Crippen molar-refractivity contribution in [3.63, 3.8) is 0 Å². The minimum absolute atomic E-state index is 0.166. The highest BCUT2D eigenvalue weighted by atomic mass is 32.1. The molecule has 0 aliphatic rings. The van der Waals surface area contributed by atoms with Gasteiger partial charge in [-0.25, -0.2) is 0 Å². The lowest BCUT2D eigenvalue weighted by molar-refractivity contribution is 0.112. The van der Waals surface area contributed by atoms with Crippen molar-refractivity contribution < 1.29 is 9.53 Å². The molecule has 2 rings (SSSR count). The molecule has 0 aliphatic carbocycles. The van der Waals surface area contributed by atoms with E-state index in [-0.39, 0.29) is 6.10 Å². The van der Waals surface area contributed by atoms with Crippen LogP contribution in [0, 0.1) is 0 Å². The van der Waals surface area contributed by atoms with Crippen LogP contribution in [0.4, 0.5) is 0 Å². The molecule has 0 spiro atoms. The molecule has 0 aliphatic heterocycles. The normalized spacial score (nSPS) is 10.5. The lowest BCUT2D eigenvalue weighted by Gasteiger charge is -2.10. The van der Waals surface area contributed by atoms with Gasteiger partial charge in [0.2, 0.25) is 0 Å². The van der Waals surface area contributed by atoms with E-state index in [9.17, 15) is 4.79 Å². The van der Waals surface area contributed by atoms with E-state index in [0.717, 1.165) is 28.0 Å². The van der Waals surface area contributed by atoms with E-state index in [1.807, 2.05) is 49.6 Å². The summed E-state index contributed by atoms with van der Waals surface area (Å²) in [5.74, 6) is 0.860. The zero-order chi connectivity index (χ0) is 12.3. The summed E-state index contributed by atoms with van der Waals surface area (Å²) in [6.45, 7) is 4.00.